The molecule has 14 heavy (non-hydrogen) atoms. The lowest BCUT2D eigenvalue weighted by Crippen LogP contribution is -2.24. The summed E-state index contributed by atoms with van der Waals surface area (Å²) >= 11 is 3.23. The summed E-state index contributed by atoms with van der Waals surface area (Å²) in [5.74, 6) is 0. The van der Waals surface area contributed by atoms with E-state index in [0.717, 1.165) is 0 Å². The van der Waals surface area contributed by atoms with Gasteiger partial charge in [-0.2, -0.15) is 0 Å². The van der Waals surface area contributed by atoms with Crippen LogP contribution in [0.3, 0.4) is 0 Å². The van der Waals surface area contributed by atoms with Crippen molar-refractivity contribution in [1.82, 2.24) is 0 Å². The predicted octanol–water partition coefficient (Wildman–Crippen LogP) is 2.15. The van der Waals surface area contributed by atoms with Crippen molar-refractivity contribution in [3.05, 3.63) is 44.4 Å². The lowest BCUT2D eigenvalue weighted by atomic mass is 10.0. The van der Waals surface area contributed by atoms with E-state index in [1.54, 1.807) is 24.3 Å². The Balaban J connectivity index is 2.94. The maximum absolute atomic E-state index is 10.5. The standard InChI is InChI=1S/C9H10BrNO3/c1-6(11(13)14)9(12)7-4-2-3-5-8(7)10/h2-6,9,12H,1H3/t6-,9-/m1/s1. The van der Waals surface area contributed by atoms with E-state index in [1.165, 1.54) is 6.92 Å². The fourth-order valence-electron chi connectivity index (χ4n) is 1.09. The fraction of sp³-hybridized carbons (Fsp3) is 0.333. The van der Waals surface area contributed by atoms with Crippen LogP contribution in [-0.4, -0.2) is 16.1 Å². The molecule has 0 aromatic heterocycles. The topological polar surface area (TPSA) is 63.4 Å². The zero-order valence-electron chi connectivity index (χ0n) is 7.55. The van der Waals surface area contributed by atoms with E-state index in [9.17, 15) is 15.2 Å². The van der Waals surface area contributed by atoms with Crippen molar-refractivity contribution >= 4 is 15.9 Å². The predicted molar refractivity (Wildman–Crippen MR) is 55.6 cm³/mol. The highest BCUT2D eigenvalue weighted by Crippen LogP contribution is 2.26. The molecule has 0 heterocycles. The summed E-state index contributed by atoms with van der Waals surface area (Å²) in [5, 5.41) is 20.1. The minimum absolute atomic E-state index is 0.496. The first-order valence-corrected chi connectivity index (χ1v) is 4.89. The number of nitro groups is 1. The summed E-state index contributed by atoms with van der Waals surface area (Å²) in [6.07, 6.45) is -1.08. The zero-order chi connectivity index (χ0) is 10.7. The highest BCUT2D eigenvalue weighted by molar-refractivity contribution is 9.10. The molecule has 0 spiro atoms. The van der Waals surface area contributed by atoms with Crippen molar-refractivity contribution < 1.29 is 10.0 Å². The first-order chi connectivity index (χ1) is 6.54. The molecule has 1 N–H and O–H groups in total. The number of aliphatic hydroxyl groups is 1. The lowest BCUT2D eigenvalue weighted by molar-refractivity contribution is -0.531. The molecule has 2 atom stereocenters. The van der Waals surface area contributed by atoms with Crippen LogP contribution in [-0.2, 0) is 0 Å². The molecule has 76 valence electrons. The van der Waals surface area contributed by atoms with Gasteiger partial charge in [-0.15, -0.1) is 0 Å². The van der Waals surface area contributed by atoms with Gasteiger partial charge in [-0.25, -0.2) is 0 Å². The Morgan fingerprint density at radius 2 is 2.07 bits per heavy atom. The van der Waals surface area contributed by atoms with Gasteiger partial charge in [0.2, 0.25) is 6.04 Å². The van der Waals surface area contributed by atoms with Crippen LogP contribution in [0.2, 0.25) is 0 Å². The van der Waals surface area contributed by atoms with E-state index in [4.69, 9.17) is 0 Å². The zero-order valence-corrected chi connectivity index (χ0v) is 9.14. The monoisotopic (exact) mass is 259 g/mol. The summed E-state index contributed by atoms with van der Waals surface area (Å²) in [6.45, 7) is 1.38. The molecule has 1 aromatic carbocycles. The summed E-state index contributed by atoms with van der Waals surface area (Å²) in [5.41, 5.74) is 0.539. The highest BCUT2D eigenvalue weighted by Gasteiger charge is 2.26. The van der Waals surface area contributed by atoms with Gasteiger partial charge >= 0.3 is 0 Å². The quantitative estimate of drug-likeness (QED) is 0.669. The molecular formula is C9H10BrNO3. The minimum atomic E-state index is -1.08. The second kappa shape index (κ2) is 4.52. The normalized spacial score (nSPS) is 14.8. The van der Waals surface area contributed by atoms with Crippen molar-refractivity contribution in [2.45, 2.75) is 19.1 Å². The van der Waals surface area contributed by atoms with Crippen LogP contribution >= 0.6 is 15.9 Å². The van der Waals surface area contributed by atoms with Crippen molar-refractivity contribution in [3.63, 3.8) is 0 Å². The Kier molecular flexibility index (Phi) is 3.60. The van der Waals surface area contributed by atoms with Crippen molar-refractivity contribution in [1.29, 1.82) is 0 Å². The minimum Gasteiger partial charge on any atom is -0.381 e. The first kappa shape index (κ1) is 11.1. The van der Waals surface area contributed by atoms with Crippen LogP contribution < -0.4 is 0 Å². The van der Waals surface area contributed by atoms with E-state index in [-0.39, 0.29) is 0 Å². The van der Waals surface area contributed by atoms with Crippen molar-refractivity contribution in [3.8, 4) is 0 Å². The van der Waals surface area contributed by atoms with Gasteiger partial charge in [-0.3, -0.25) is 10.1 Å². The number of halogens is 1. The van der Waals surface area contributed by atoms with Gasteiger partial charge in [-0.05, 0) is 6.07 Å². The Hall–Kier alpha value is -0.940. The van der Waals surface area contributed by atoms with Gasteiger partial charge in [0.1, 0.15) is 6.10 Å². The van der Waals surface area contributed by atoms with Crippen LogP contribution in [0.15, 0.2) is 28.7 Å². The third-order valence-corrected chi connectivity index (χ3v) is 2.74. The smallest absolute Gasteiger partial charge is 0.240 e. The number of rotatable bonds is 3. The second-order valence-electron chi connectivity index (χ2n) is 2.99. The molecule has 0 saturated heterocycles. The Labute approximate surface area is 89.8 Å². The average Bonchev–Trinajstić information content (AvgIpc) is 2.16. The van der Waals surface area contributed by atoms with Gasteiger partial charge < -0.3 is 5.11 Å². The Morgan fingerprint density at radius 1 is 1.50 bits per heavy atom. The van der Waals surface area contributed by atoms with Crippen LogP contribution in [0.5, 0.6) is 0 Å². The average molecular weight is 260 g/mol. The van der Waals surface area contributed by atoms with Gasteiger partial charge in [0.05, 0.1) is 0 Å². The summed E-state index contributed by atoms with van der Waals surface area (Å²) < 4.78 is 0.682. The Bertz CT molecular complexity index is 343. The summed E-state index contributed by atoms with van der Waals surface area (Å²) in [6, 6.07) is 5.92. The molecule has 0 aliphatic rings. The molecule has 0 aliphatic heterocycles. The molecular weight excluding hydrogens is 250 g/mol. The van der Waals surface area contributed by atoms with Gasteiger partial charge in [0, 0.05) is 21.9 Å². The maximum atomic E-state index is 10.5. The van der Waals surface area contributed by atoms with E-state index in [2.05, 4.69) is 15.9 Å². The number of hydrogen-bond acceptors (Lipinski definition) is 3. The SMILES string of the molecule is C[C@H]([C@@H](O)c1ccccc1Br)[N+](=O)[O-]. The highest BCUT2D eigenvalue weighted by atomic mass is 79.9. The number of hydrogen-bond donors (Lipinski definition) is 1. The number of benzene rings is 1. The lowest BCUT2D eigenvalue weighted by Gasteiger charge is -2.13. The molecule has 1 aromatic rings. The molecule has 5 heteroatoms. The van der Waals surface area contributed by atoms with Gasteiger partial charge in [0.25, 0.3) is 0 Å². The molecule has 1 rings (SSSR count). The first-order valence-electron chi connectivity index (χ1n) is 4.10. The maximum Gasteiger partial charge on any atom is 0.240 e. The van der Waals surface area contributed by atoms with Crippen LogP contribution in [0, 0.1) is 10.1 Å². The Morgan fingerprint density at radius 3 is 2.57 bits per heavy atom. The largest absolute Gasteiger partial charge is 0.381 e. The van der Waals surface area contributed by atoms with Crippen LogP contribution in [0.25, 0.3) is 0 Å². The van der Waals surface area contributed by atoms with Gasteiger partial charge in [-0.1, -0.05) is 34.1 Å². The van der Waals surface area contributed by atoms with E-state index in [1.807, 2.05) is 0 Å². The van der Waals surface area contributed by atoms with Crippen LogP contribution in [0.4, 0.5) is 0 Å². The molecule has 4 nitrogen and oxygen atoms in total. The van der Waals surface area contributed by atoms with Gasteiger partial charge in [0.15, 0.2) is 0 Å². The fourth-order valence-corrected chi connectivity index (χ4v) is 1.61. The molecule has 0 aliphatic carbocycles. The molecule has 0 unspecified atom stereocenters. The second-order valence-corrected chi connectivity index (χ2v) is 3.85. The van der Waals surface area contributed by atoms with Crippen molar-refractivity contribution in [2.24, 2.45) is 0 Å². The summed E-state index contributed by atoms with van der Waals surface area (Å²) in [4.78, 5) is 9.96. The third kappa shape index (κ3) is 2.30. The molecule has 0 fully saturated rings. The molecule has 0 radical (unpaired) electrons. The molecule has 0 saturated carbocycles. The third-order valence-electron chi connectivity index (χ3n) is 2.01. The summed E-state index contributed by atoms with van der Waals surface area (Å²) in [7, 11) is 0. The van der Waals surface area contributed by atoms with E-state index in [0.29, 0.717) is 10.0 Å². The van der Waals surface area contributed by atoms with E-state index < -0.39 is 17.1 Å². The van der Waals surface area contributed by atoms with Crippen molar-refractivity contribution in [2.75, 3.05) is 0 Å². The molecule has 0 amide bonds. The van der Waals surface area contributed by atoms with Crippen LogP contribution in [0.1, 0.15) is 18.6 Å². The number of nitrogens with zero attached hydrogens (tertiary/aromatic N) is 1. The van der Waals surface area contributed by atoms with E-state index >= 15 is 0 Å². The number of aliphatic hydroxyl groups excluding tert-OH is 1. The molecule has 0 bridgehead atoms.